The zero-order valence-electron chi connectivity index (χ0n) is 16.9. The molecule has 0 bridgehead atoms. The van der Waals surface area contributed by atoms with Gasteiger partial charge in [0.25, 0.3) is 0 Å². The minimum atomic E-state index is -3.35. The fourth-order valence-corrected chi connectivity index (χ4v) is 4.64. The molecule has 10 nitrogen and oxygen atoms in total. The Balaban J connectivity index is 1.42. The molecule has 6 N–H and O–H groups in total. The molecular formula is C20H26N6O4S. The molecule has 31 heavy (non-hydrogen) atoms. The maximum atomic E-state index is 12.8. The van der Waals surface area contributed by atoms with Crippen LogP contribution in [0.25, 0.3) is 0 Å². The number of fused-ring (bicyclic) bond motifs is 1. The van der Waals surface area contributed by atoms with Gasteiger partial charge < -0.3 is 20.7 Å². The lowest BCUT2D eigenvalue weighted by Gasteiger charge is -2.36. The molecule has 11 heteroatoms. The minimum absolute atomic E-state index is 0.0000516. The van der Waals surface area contributed by atoms with Gasteiger partial charge in [0, 0.05) is 25.5 Å². The highest BCUT2D eigenvalue weighted by Crippen LogP contribution is 2.46. The highest BCUT2D eigenvalue weighted by Gasteiger charge is 2.29. The predicted octanol–water partition coefficient (Wildman–Crippen LogP) is 2.94. The van der Waals surface area contributed by atoms with Crippen LogP contribution >= 0.6 is 11.0 Å². The van der Waals surface area contributed by atoms with Crippen LogP contribution in [0.4, 0.5) is 10.5 Å². The number of amides is 2. The van der Waals surface area contributed by atoms with Gasteiger partial charge in [0.15, 0.2) is 5.84 Å². The third-order valence-corrected chi connectivity index (χ3v) is 6.21. The highest BCUT2D eigenvalue weighted by atomic mass is 32.3. The topological polar surface area (TPSA) is 145 Å². The summed E-state index contributed by atoms with van der Waals surface area (Å²) in [5.41, 5.74) is 7.87. The van der Waals surface area contributed by atoms with Crippen molar-refractivity contribution in [1.82, 2.24) is 15.2 Å². The summed E-state index contributed by atoms with van der Waals surface area (Å²) < 4.78 is 32.0. The molecule has 2 aromatic rings. The number of aromatic nitrogens is 1. The lowest BCUT2D eigenvalue weighted by atomic mass is 10.0. The van der Waals surface area contributed by atoms with E-state index in [1.807, 2.05) is 17.0 Å². The number of benzene rings is 1. The van der Waals surface area contributed by atoms with Gasteiger partial charge in [-0.05, 0) is 60.1 Å². The van der Waals surface area contributed by atoms with Crippen molar-refractivity contribution in [1.29, 1.82) is 0 Å². The first-order chi connectivity index (χ1) is 14.9. The molecule has 1 saturated heterocycles. The van der Waals surface area contributed by atoms with Crippen LogP contribution in [0.1, 0.15) is 30.4 Å². The Labute approximate surface area is 182 Å². The van der Waals surface area contributed by atoms with Gasteiger partial charge >= 0.3 is 6.03 Å². The number of piperidine rings is 1. The Morgan fingerprint density at radius 1 is 1.29 bits per heavy atom. The quantitative estimate of drug-likeness (QED) is 0.475. The second kappa shape index (κ2) is 9.00. The first kappa shape index (κ1) is 21.2. The molecule has 4 rings (SSSR count). The van der Waals surface area contributed by atoms with Crippen molar-refractivity contribution in [2.45, 2.75) is 31.8 Å². The SMILES string of the molecule is NC1=NS(O)(O)Nc2cccc(OCC3CCCCN3C(=O)NCc3ccncc3)c21. The number of nitrogens with zero attached hydrogens (tertiary/aromatic N) is 3. The van der Waals surface area contributed by atoms with Gasteiger partial charge in [-0.2, -0.15) is 0 Å². The molecule has 1 unspecified atom stereocenters. The van der Waals surface area contributed by atoms with Gasteiger partial charge in [-0.3, -0.25) is 18.8 Å². The molecule has 0 radical (unpaired) electrons. The van der Waals surface area contributed by atoms with Gasteiger partial charge in [-0.15, -0.1) is 4.40 Å². The summed E-state index contributed by atoms with van der Waals surface area (Å²) in [5.74, 6) is 0.476. The van der Waals surface area contributed by atoms with Crippen molar-refractivity contribution in [3.8, 4) is 5.75 Å². The molecule has 1 aromatic heterocycles. The fourth-order valence-electron chi connectivity index (χ4n) is 3.76. The number of ether oxygens (including phenoxy) is 1. The van der Waals surface area contributed by atoms with E-state index in [2.05, 4.69) is 19.4 Å². The third kappa shape index (κ3) is 5.01. The lowest BCUT2D eigenvalue weighted by molar-refractivity contribution is 0.116. The standard InChI is InChI=1S/C20H26N6O4S/c21-19-18-16(24-31(28,29)25-19)5-3-6-17(18)30-13-15-4-1-2-11-26(15)20(27)23-12-14-7-9-22-10-8-14/h3,5-10,15,24,28-29H,1-2,4,11-13H2,(H2,21,25)(H,23,27). The van der Waals surface area contributed by atoms with Crippen LogP contribution in [0, 0.1) is 0 Å². The van der Waals surface area contributed by atoms with Crippen molar-refractivity contribution < 1.29 is 18.6 Å². The van der Waals surface area contributed by atoms with E-state index in [1.54, 1.807) is 30.6 Å². The summed E-state index contributed by atoms with van der Waals surface area (Å²) >= 11 is 0. The second-order valence-electron chi connectivity index (χ2n) is 7.44. The second-order valence-corrected chi connectivity index (χ2v) is 8.87. The Hall–Kier alpha value is -3.02. The molecule has 1 atom stereocenters. The molecule has 1 fully saturated rings. The number of nitrogens with one attached hydrogen (secondary N) is 2. The Kier molecular flexibility index (Phi) is 6.16. The van der Waals surface area contributed by atoms with Crippen LogP contribution in [0.2, 0.25) is 0 Å². The lowest BCUT2D eigenvalue weighted by Crippen LogP contribution is -2.50. The van der Waals surface area contributed by atoms with Gasteiger partial charge in [-0.25, -0.2) is 4.79 Å². The molecule has 2 aliphatic rings. The monoisotopic (exact) mass is 446 g/mol. The third-order valence-electron chi connectivity index (χ3n) is 5.27. The van der Waals surface area contributed by atoms with Crippen molar-refractivity contribution in [3.05, 3.63) is 53.9 Å². The number of likely N-dealkylation sites (tertiary alicyclic amines) is 1. The Morgan fingerprint density at radius 3 is 2.90 bits per heavy atom. The van der Waals surface area contributed by atoms with Gasteiger partial charge in [-0.1, -0.05) is 6.07 Å². The average molecular weight is 447 g/mol. The van der Waals surface area contributed by atoms with E-state index in [9.17, 15) is 13.9 Å². The number of anilines is 1. The fraction of sp³-hybridized carbons (Fsp3) is 0.350. The van der Waals surface area contributed by atoms with E-state index in [0.29, 0.717) is 36.7 Å². The van der Waals surface area contributed by atoms with Gasteiger partial charge in [0.1, 0.15) is 12.4 Å². The summed E-state index contributed by atoms with van der Waals surface area (Å²) in [7, 11) is -3.35. The minimum Gasteiger partial charge on any atom is -0.491 e. The number of hydrogen-bond acceptors (Lipinski definition) is 8. The van der Waals surface area contributed by atoms with Crippen LogP contribution in [-0.2, 0) is 6.54 Å². The summed E-state index contributed by atoms with van der Waals surface area (Å²) in [4.78, 5) is 18.6. The molecule has 2 aliphatic heterocycles. The summed E-state index contributed by atoms with van der Waals surface area (Å²) in [5, 5.41) is 2.96. The maximum absolute atomic E-state index is 12.8. The van der Waals surface area contributed by atoms with Crippen LogP contribution < -0.4 is 20.5 Å². The molecule has 1 aromatic carbocycles. The van der Waals surface area contributed by atoms with E-state index < -0.39 is 11.0 Å². The molecule has 0 saturated carbocycles. The van der Waals surface area contributed by atoms with Crippen molar-refractivity contribution in [2.24, 2.45) is 10.1 Å². The Morgan fingerprint density at radius 2 is 2.10 bits per heavy atom. The largest absolute Gasteiger partial charge is 0.491 e. The average Bonchev–Trinajstić information content (AvgIpc) is 2.76. The maximum Gasteiger partial charge on any atom is 0.318 e. The van der Waals surface area contributed by atoms with Crippen molar-refractivity contribution in [2.75, 3.05) is 17.9 Å². The normalized spacial score (nSPS) is 20.6. The summed E-state index contributed by atoms with van der Waals surface area (Å²) in [6, 6.07) is 8.67. The zero-order valence-corrected chi connectivity index (χ0v) is 17.7. The van der Waals surface area contributed by atoms with Gasteiger partial charge in [0.05, 0.1) is 17.3 Å². The zero-order chi connectivity index (χ0) is 21.8. The predicted molar refractivity (Wildman–Crippen MR) is 120 cm³/mol. The summed E-state index contributed by atoms with van der Waals surface area (Å²) in [6.45, 7) is 1.39. The highest BCUT2D eigenvalue weighted by molar-refractivity contribution is 8.24. The van der Waals surface area contributed by atoms with Crippen LogP contribution in [0.15, 0.2) is 47.1 Å². The number of hydrogen-bond donors (Lipinski definition) is 5. The van der Waals surface area contributed by atoms with Crippen molar-refractivity contribution >= 4 is 28.5 Å². The van der Waals surface area contributed by atoms with Crippen LogP contribution in [-0.4, -0.2) is 50.0 Å². The molecular weight excluding hydrogens is 420 g/mol. The molecule has 0 spiro atoms. The Bertz CT molecular complexity index is 971. The van der Waals surface area contributed by atoms with Crippen molar-refractivity contribution in [3.63, 3.8) is 0 Å². The smallest absolute Gasteiger partial charge is 0.318 e. The number of rotatable bonds is 5. The van der Waals surface area contributed by atoms with Crippen LogP contribution in [0.5, 0.6) is 5.75 Å². The number of amidine groups is 1. The molecule has 2 amide bonds. The van der Waals surface area contributed by atoms with E-state index in [1.165, 1.54) is 0 Å². The first-order valence-electron chi connectivity index (χ1n) is 10.0. The van der Waals surface area contributed by atoms with Crippen LogP contribution in [0.3, 0.4) is 0 Å². The number of nitrogens with two attached hydrogens (primary N) is 1. The number of carbonyl (C=O) groups is 1. The molecule has 166 valence electrons. The van der Waals surface area contributed by atoms with E-state index in [0.717, 1.165) is 24.8 Å². The number of urea groups is 1. The van der Waals surface area contributed by atoms with E-state index >= 15 is 0 Å². The number of pyridine rings is 1. The summed E-state index contributed by atoms with van der Waals surface area (Å²) in [6.07, 6.45) is 6.19. The first-order valence-corrected chi connectivity index (χ1v) is 11.5. The molecule has 0 aliphatic carbocycles. The van der Waals surface area contributed by atoms with Gasteiger partial charge in [0.2, 0.25) is 0 Å². The van der Waals surface area contributed by atoms with E-state index in [-0.39, 0.29) is 17.9 Å². The van der Waals surface area contributed by atoms with E-state index in [4.69, 9.17) is 10.5 Å². The molecule has 3 heterocycles. The number of carbonyl (C=O) groups excluding carboxylic acids is 1.